The average molecular weight is 149 g/mol. The van der Waals surface area contributed by atoms with E-state index in [0.29, 0.717) is 0 Å². The molecule has 0 radical (unpaired) electrons. The first-order valence-corrected chi connectivity index (χ1v) is 3.86. The molecule has 0 aliphatic rings. The van der Waals surface area contributed by atoms with Gasteiger partial charge in [0.15, 0.2) is 0 Å². The van der Waals surface area contributed by atoms with Gasteiger partial charge in [-0.3, -0.25) is 0 Å². The maximum atomic E-state index is 5.93. The predicted molar refractivity (Wildman–Crippen MR) is 48.4 cm³/mol. The van der Waals surface area contributed by atoms with Gasteiger partial charge in [0.25, 0.3) is 0 Å². The van der Waals surface area contributed by atoms with Gasteiger partial charge in [-0.15, -0.1) is 0 Å². The van der Waals surface area contributed by atoms with E-state index in [0.717, 1.165) is 0 Å². The molecule has 60 valence electrons. The highest BCUT2D eigenvalue weighted by molar-refractivity contribution is 5.27. The number of aryl methyl sites for hydroxylation is 1. The Morgan fingerprint density at radius 1 is 1.27 bits per heavy atom. The topological polar surface area (TPSA) is 26.0 Å². The third-order valence-electron chi connectivity index (χ3n) is 1.76. The van der Waals surface area contributed by atoms with Crippen LogP contribution in [-0.2, 0) is 5.54 Å². The van der Waals surface area contributed by atoms with Crippen LogP contribution in [0.3, 0.4) is 0 Å². The Morgan fingerprint density at radius 3 is 2.27 bits per heavy atom. The molecular weight excluding hydrogens is 134 g/mol. The average Bonchev–Trinajstić information content (AvgIpc) is 1.86. The highest BCUT2D eigenvalue weighted by atomic mass is 14.7. The molecule has 2 N–H and O–H groups in total. The molecule has 0 saturated heterocycles. The molecule has 11 heavy (non-hydrogen) atoms. The number of nitrogens with two attached hydrogens (primary N) is 1. The summed E-state index contributed by atoms with van der Waals surface area (Å²) in [5.41, 5.74) is 8.17. The highest BCUT2D eigenvalue weighted by Crippen LogP contribution is 2.16. The van der Waals surface area contributed by atoms with Crippen molar-refractivity contribution in [3.8, 4) is 0 Å². The lowest BCUT2D eigenvalue weighted by Crippen LogP contribution is -2.28. The fourth-order valence-electron chi connectivity index (χ4n) is 1.05. The van der Waals surface area contributed by atoms with Crippen LogP contribution in [0.1, 0.15) is 25.0 Å². The van der Waals surface area contributed by atoms with Crippen molar-refractivity contribution >= 4 is 0 Å². The van der Waals surface area contributed by atoms with Gasteiger partial charge >= 0.3 is 0 Å². The summed E-state index contributed by atoms with van der Waals surface area (Å²) < 4.78 is 0. The molecule has 0 saturated carbocycles. The highest BCUT2D eigenvalue weighted by Gasteiger charge is 2.12. The summed E-state index contributed by atoms with van der Waals surface area (Å²) in [5, 5.41) is 0. The van der Waals surface area contributed by atoms with Crippen LogP contribution in [-0.4, -0.2) is 0 Å². The Kier molecular flexibility index (Phi) is 2.01. The SMILES string of the molecule is Cc1cccc(C(C)(C)N)c1. The summed E-state index contributed by atoms with van der Waals surface area (Å²) in [6.07, 6.45) is 0. The summed E-state index contributed by atoms with van der Waals surface area (Å²) in [6, 6.07) is 8.31. The van der Waals surface area contributed by atoms with Crippen molar-refractivity contribution in [3.05, 3.63) is 35.4 Å². The van der Waals surface area contributed by atoms with Gasteiger partial charge in [0, 0.05) is 5.54 Å². The van der Waals surface area contributed by atoms with Gasteiger partial charge in [0.05, 0.1) is 0 Å². The van der Waals surface area contributed by atoms with E-state index in [1.807, 2.05) is 19.9 Å². The molecule has 0 aliphatic carbocycles. The fraction of sp³-hybridized carbons (Fsp3) is 0.400. The van der Waals surface area contributed by atoms with Crippen LogP contribution < -0.4 is 5.73 Å². The largest absolute Gasteiger partial charge is 0.322 e. The molecule has 0 bridgehead atoms. The third-order valence-corrected chi connectivity index (χ3v) is 1.76. The fourth-order valence-corrected chi connectivity index (χ4v) is 1.05. The summed E-state index contributed by atoms with van der Waals surface area (Å²) in [7, 11) is 0. The van der Waals surface area contributed by atoms with Crippen molar-refractivity contribution in [2.24, 2.45) is 5.73 Å². The van der Waals surface area contributed by atoms with E-state index in [1.54, 1.807) is 0 Å². The van der Waals surface area contributed by atoms with Gasteiger partial charge in [-0.05, 0) is 26.3 Å². The first-order valence-electron chi connectivity index (χ1n) is 3.86. The molecule has 0 aliphatic heterocycles. The number of hydrogen-bond donors (Lipinski definition) is 1. The molecule has 1 aromatic carbocycles. The molecule has 0 amide bonds. The Hall–Kier alpha value is -0.820. The van der Waals surface area contributed by atoms with Crippen LogP contribution in [0.15, 0.2) is 24.3 Å². The van der Waals surface area contributed by atoms with E-state index in [1.165, 1.54) is 11.1 Å². The van der Waals surface area contributed by atoms with Crippen molar-refractivity contribution in [1.29, 1.82) is 0 Å². The third kappa shape index (κ3) is 2.05. The van der Waals surface area contributed by atoms with E-state index in [2.05, 4.69) is 25.1 Å². The van der Waals surface area contributed by atoms with E-state index in [-0.39, 0.29) is 5.54 Å². The van der Waals surface area contributed by atoms with Gasteiger partial charge in [-0.2, -0.15) is 0 Å². The van der Waals surface area contributed by atoms with Gasteiger partial charge < -0.3 is 5.73 Å². The zero-order valence-corrected chi connectivity index (χ0v) is 7.39. The lowest BCUT2D eigenvalue weighted by molar-refractivity contribution is 0.554. The van der Waals surface area contributed by atoms with Crippen molar-refractivity contribution in [2.75, 3.05) is 0 Å². The molecule has 1 aromatic rings. The summed E-state index contributed by atoms with van der Waals surface area (Å²) in [5.74, 6) is 0. The zero-order valence-electron chi connectivity index (χ0n) is 7.39. The summed E-state index contributed by atoms with van der Waals surface area (Å²) in [6.45, 7) is 6.11. The lowest BCUT2D eigenvalue weighted by Gasteiger charge is -2.19. The quantitative estimate of drug-likeness (QED) is 0.650. The molecular formula is C10H15N. The molecule has 0 spiro atoms. The van der Waals surface area contributed by atoms with Crippen LogP contribution >= 0.6 is 0 Å². The van der Waals surface area contributed by atoms with Crippen molar-refractivity contribution in [1.82, 2.24) is 0 Å². The van der Waals surface area contributed by atoms with E-state index in [9.17, 15) is 0 Å². The molecule has 1 nitrogen and oxygen atoms in total. The molecule has 1 heteroatoms. The molecule has 0 heterocycles. The first-order chi connectivity index (χ1) is 5.00. The van der Waals surface area contributed by atoms with Gasteiger partial charge in [0.1, 0.15) is 0 Å². The predicted octanol–water partition coefficient (Wildman–Crippen LogP) is 2.19. The Labute approximate surface area is 68.2 Å². The minimum atomic E-state index is -0.216. The van der Waals surface area contributed by atoms with Crippen LogP contribution in [0.5, 0.6) is 0 Å². The van der Waals surface area contributed by atoms with E-state index >= 15 is 0 Å². The van der Waals surface area contributed by atoms with Crippen molar-refractivity contribution in [2.45, 2.75) is 26.3 Å². The molecule has 1 rings (SSSR count). The molecule has 0 aromatic heterocycles. The van der Waals surface area contributed by atoms with E-state index in [4.69, 9.17) is 5.73 Å². The smallest absolute Gasteiger partial charge is 0.0352 e. The van der Waals surface area contributed by atoms with Gasteiger partial charge in [-0.1, -0.05) is 29.8 Å². The Bertz CT molecular complexity index is 245. The number of rotatable bonds is 1. The lowest BCUT2D eigenvalue weighted by atomic mass is 9.94. The van der Waals surface area contributed by atoms with Crippen LogP contribution in [0.4, 0.5) is 0 Å². The second-order valence-electron chi connectivity index (χ2n) is 3.59. The zero-order chi connectivity index (χ0) is 8.48. The van der Waals surface area contributed by atoms with E-state index < -0.39 is 0 Å². The Morgan fingerprint density at radius 2 is 1.91 bits per heavy atom. The van der Waals surface area contributed by atoms with Crippen molar-refractivity contribution in [3.63, 3.8) is 0 Å². The van der Waals surface area contributed by atoms with Crippen LogP contribution in [0.2, 0.25) is 0 Å². The molecule has 0 unspecified atom stereocenters. The maximum Gasteiger partial charge on any atom is 0.0352 e. The normalized spacial score (nSPS) is 11.6. The van der Waals surface area contributed by atoms with Crippen molar-refractivity contribution < 1.29 is 0 Å². The van der Waals surface area contributed by atoms with Crippen LogP contribution in [0, 0.1) is 6.92 Å². The second kappa shape index (κ2) is 2.67. The summed E-state index contributed by atoms with van der Waals surface area (Å²) in [4.78, 5) is 0. The molecule has 0 fully saturated rings. The monoisotopic (exact) mass is 149 g/mol. The first kappa shape index (κ1) is 8.28. The standard InChI is InChI=1S/C10H15N/c1-8-5-4-6-9(7-8)10(2,3)11/h4-7H,11H2,1-3H3. The van der Waals surface area contributed by atoms with Crippen LogP contribution in [0.25, 0.3) is 0 Å². The number of benzene rings is 1. The minimum absolute atomic E-state index is 0.216. The second-order valence-corrected chi connectivity index (χ2v) is 3.59. The number of hydrogen-bond acceptors (Lipinski definition) is 1. The maximum absolute atomic E-state index is 5.93. The van der Waals surface area contributed by atoms with Gasteiger partial charge in [0.2, 0.25) is 0 Å². The Balaban J connectivity index is 3.06. The summed E-state index contributed by atoms with van der Waals surface area (Å²) >= 11 is 0. The van der Waals surface area contributed by atoms with Gasteiger partial charge in [-0.25, -0.2) is 0 Å². The molecule has 0 atom stereocenters. The minimum Gasteiger partial charge on any atom is -0.322 e.